The fourth-order valence-electron chi connectivity index (χ4n) is 0.559. The second-order valence-corrected chi connectivity index (χ2v) is 3.45. The van der Waals surface area contributed by atoms with Crippen LogP contribution in [0.5, 0.6) is 0 Å². The van der Waals surface area contributed by atoms with Gasteiger partial charge >= 0.3 is 16.3 Å². The topological polar surface area (TPSA) is 126 Å². The van der Waals surface area contributed by atoms with E-state index in [0.717, 1.165) is 13.4 Å². The van der Waals surface area contributed by atoms with Crippen molar-refractivity contribution in [2.24, 2.45) is 0 Å². The zero-order valence-electron chi connectivity index (χ0n) is 7.01. The number of aromatic amines is 1. The molecule has 1 rings (SSSR count). The number of hydrogen-bond acceptors (Lipinski definition) is 6. The Morgan fingerprint density at radius 1 is 1.64 bits per heavy atom. The maximum absolute atomic E-state index is 11.1. The largest absolute Gasteiger partial charge is 0.452 e. The predicted molar refractivity (Wildman–Crippen MR) is 44.5 cm³/mol. The number of rotatable bonds is 3. The average Bonchev–Trinajstić information content (AvgIpc) is 2.54. The maximum Gasteiger partial charge on any atom is 0.422 e. The molecular weight excluding hydrogens is 214 g/mol. The van der Waals surface area contributed by atoms with Crippen molar-refractivity contribution in [1.29, 1.82) is 0 Å². The van der Waals surface area contributed by atoms with E-state index >= 15 is 0 Å². The van der Waals surface area contributed by atoms with Gasteiger partial charge in [-0.3, -0.25) is 0 Å². The first-order chi connectivity index (χ1) is 6.53. The molecule has 0 saturated carbocycles. The molecule has 0 saturated heterocycles. The van der Waals surface area contributed by atoms with Gasteiger partial charge in [0, 0.05) is 0 Å². The van der Waals surface area contributed by atoms with Crippen LogP contribution in [0.4, 0.5) is 10.7 Å². The van der Waals surface area contributed by atoms with Crippen LogP contribution < -0.4 is 9.44 Å². The summed E-state index contributed by atoms with van der Waals surface area (Å²) in [7, 11) is -2.98. The average molecular weight is 221 g/mol. The first kappa shape index (κ1) is 10.2. The first-order valence-corrected chi connectivity index (χ1v) is 4.75. The molecule has 0 aromatic carbocycles. The Morgan fingerprint density at radius 2 is 2.36 bits per heavy atom. The molecular formula is C4H7N5O4S. The van der Waals surface area contributed by atoms with Crippen LogP contribution >= 0.6 is 0 Å². The van der Waals surface area contributed by atoms with E-state index in [-0.39, 0.29) is 5.95 Å². The number of carbonyl (C=O) groups excluding carboxylic acids is 1. The van der Waals surface area contributed by atoms with Crippen LogP contribution in [0.1, 0.15) is 0 Å². The Morgan fingerprint density at radius 3 is 2.86 bits per heavy atom. The minimum Gasteiger partial charge on any atom is -0.452 e. The number of H-pyrrole nitrogens is 1. The number of ether oxygens (including phenoxy) is 1. The lowest BCUT2D eigenvalue weighted by molar-refractivity contribution is 0.177. The third-order valence-electron chi connectivity index (χ3n) is 1.05. The summed E-state index contributed by atoms with van der Waals surface area (Å²) in [5.74, 6) is -0.110. The Labute approximate surface area is 79.0 Å². The maximum atomic E-state index is 11.1. The number of amides is 1. The minimum atomic E-state index is -4.02. The molecule has 0 bridgehead atoms. The van der Waals surface area contributed by atoms with Crippen molar-refractivity contribution >= 4 is 22.3 Å². The number of methoxy groups -OCH3 is 1. The molecule has 0 aliphatic heterocycles. The fraction of sp³-hybridized carbons (Fsp3) is 0.250. The monoisotopic (exact) mass is 221 g/mol. The zero-order chi connectivity index (χ0) is 10.6. The SMILES string of the molecule is COC(=O)NS(=O)(=O)Nc1ncn[nH]1. The highest BCUT2D eigenvalue weighted by molar-refractivity contribution is 7.91. The van der Waals surface area contributed by atoms with Gasteiger partial charge in [0.25, 0.3) is 0 Å². The molecule has 0 fully saturated rings. The van der Waals surface area contributed by atoms with Gasteiger partial charge in [-0.25, -0.2) is 19.3 Å². The van der Waals surface area contributed by atoms with Crippen LogP contribution in [0.25, 0.3) is 0 Å². The van der Waals surface area contributed by atoms with Gasteiger partial charge in [-0.2, -0.15) is 18.5 Å². The lowest BCUT2D eigenvalue weighted by atomic mass is 11.1. The number of hydrogen-bond donors (Lipinski definition) is 3. The van der Waals surface area contributed by atoms with Crippen molar-refractivity contribution in [1.82, 2.24) is 19.9 Å². The molecule has 3 N–H and O–H groups in total. The van der Waals surface area contributed by atoms with Crippen LogP contribution in [-0.2, 0) is 14.9 Å². The van der Waals surface area contributed by atoms with E-state index in [1.807, 2.05) is 4.72 Å². The van der Waals surface area contributed by atoms with Crippen molar-refractivity contribution in [2.75, 3.05) is 11.8 Å². The molecule has 0 unspecified atom stereocenters. The molecule has 0 aliphatic carbocycles. The van der Waals surface area contributed by atoms with Crippen molar-refractivity contribution < 1.29 is 17.9 Å². The van der Waals surface area contributed by atoms with Crippen molar-refractivity contribution in [3.63, 3.8) is 0 Å². The number of nitrogens with one attached hydrogen (secondary N) is 3. The summed E-state index contributed by atoms with van der Waals surface area (Å²) in [6.07, 6.45) is 0.00715. The Balaban J connectivity index is 2.64. The molecule has 14 heavy (non-hydrogen) atoms. The molecule has 0 radical (unpaired) electrons. The first-order valence-electron chi connectivity index (χ1n) is 3.27. The lowest BCUT2D eigenvalue weighted by Gasteiger charge is -2.04. The van der Waals surface area contributed by atoms with E-state index < -0.39 is 16.3 Å². The van der Waals surface area contributed by atoms with E-state index in [4.69, 9.17) is 0 Å². The van der Waals surface area contributed by atoms with Crippen molar-refractivity contribution in [2.45, 2.75) is 0 Å². The van der Waals surface area contributed by atoms with Crippen molar-refractivity contribution in [3.8, 4) is 0 Å². The Kier molecular flexibility index (Phi) is 2.86. The highest BCUT2D eigenvalue weighted by Gasteiger charge is 2.15. The van der Waals surface area contributed by atoms with Crippen molar-refractivity contribution in [3.05, 3.63) is 6.33 Å². The van der Waals surface area contributed by atoms with Crippen LogP contribution in [0.2, 0.25) is 0 Å². The highest BCUT2D eigenvalue weighted by Crippen LogP contribution is 1.95. The molecule has 78 valence electrons. The number of carbonyl (C=O) groups is 1. The standard InChI is InChI=1S/C4H7N5O4S/c1-13-4(10)9-14(11,12)8-3-5-2-6-7-3/h2H,1H3,(H,9,10)(H2,5,6,7,8). The summed E-state index contributed by atoms with van der Waals surface area (Å²) in [4.78, 5) is 14.0. The second kappa shape index (κ2) is 3.91. The summed E-state index contributed by atoms with van der Waals surface area (Å²) in [5, 5.41) is 5.64. The van der Waals surface area contributed by atoms with E-state index in [1.165, 1.54) is 0 Å². The number of anilines is 1. The van der Waals surface area contributed by atoms with E-state index in [0.29, 0.717) is 0 Å². The van der Waals surface area contributed by atoms with Gasteiger partial charge in [0.2, 0.25) is 5.95 Å². The fourth-order valence-corrected chi connectivity index (χ4v) is 1.27. The quantitative estimate of drug-likeness (QED) is 0.589. The third kappa shape index (κ3) is 2.90. The molecule has 1 aromatic rings. The third-order valence-corrected chi connectivity index (χ3v) is 1.95. The highest BCUT2D eigenvalue weighted by atomic mass is 32.2. The van der Waals surface area contributed by atoms with Gasteiger partial charge in [0.1, 0.15) is 6.33 Å². The minimum absolute atomic E-state index is 0.110. The summed E-state index contributed by atoms with van der Waals surface area (Å²) in [6, 6.07) is 0. The van der Waals surface area contributed by atoms with Crippen LogP contribution in [0.3, 0.4) is 0 Å². The van der Waals surface area contributed by atoms with E-state index in [9.17, 15) is 13.2 Å². The molecule has 0 aliphatic rings. The molecule has 9 nitrogen and oxygen atoms in total. The van der Waals surface area contributed by atoms with Gasteiger partial charge in [0.05, 0.1) is 7.11 Å². The van der Waals surface area contributed by atoms with Crippen LogP contribution in [-0.4, -0.2) is 36.8 Å². The molecule has 1 aromatic heterocycles. The summed E-state index contributed by atoms with van der Waals surface area (Å²) < 4.78 is 29.7. The second-order valence-electron chi connectivity index (χ2n) is 2.03. The van der Waals surface area contributed by atoms with E-state index in [2.05, 4.69) is 19.9 Å². The van der Waals surface area contributed by atoms with Gasteiger partial charge < -0.3 is 4.74 Å². The molecule has 0 atom stereocenters. The smallest absolute Gasteiger partial charge is 0.422 e. The van der Waals surface area contributed by atoms with Gasteiger partial charge in [-0.1, -0.05) is 0 Å². The Hall–Kier alpha value is -1.84. The Bertz CT molecular complexity index is 397. The van der Waals surface area contributed by atoms with Gasteiger partial charge in [0.15, 0.2) is 0 Å². The number of aromatic nitrogens is 3. The predicted octanol–water partition coefficient (Wildman–Crippen LogP) is -1.18. The lowest BCUT2D eigenvalue weighted by Crippen LogP contribution is -2.35. The summed E-state index contributed by atoms with van der Waals surface area (Å²) in [5.41, 5.74) is 0. The summed E-state index contributed by atoms with van der Waals surface area (Å²) >= 11 is 0. The zero-order valence-corrected chi connectivity index (χ0v) is 7.83. The van der Waals surface area contributed by atoms with Crippen LogP contribution in [0, 0.1) is 0 Å². The molecule has 1 amide bonds. The normalized spacial score (nSPS) is 10.6. The van der Waals surface area contributed by atoms with Gasteiger partial charge in [-0.05, 0) is 0 Å². The molecule has 10 heteroatoms. The summed E-state index contributed by atoms with van der Waals surface area (Å²) in [6.45, 7) is 0. The molecule has 1 heterocycles. The van der Waals surface area contributed by atoms with Crippen LogP contribution in [0.15, 0.2) is 6.33 Å². The van der Waals surface area contributed by atoms with E-state index in [1.54, 1.807) is 4.72 Å². The van der Waals surface area contributed by atoms with Gasteiger partial charge in [-0.15, -0.1) is 0 Å². The molecule has 0 spiro atoms. The number of nitrogens with zero attached hydrogens (tertiary/aromatic N) is 2.